The Bertz CT molecular complexity index is 380. The first-order valence-corrected chi connectivity index (χ1v) is 7.27. The predicted octanol–water partition coefficient (Wildman–Crippen LogP) is 1.90. The van der Waals surface area contributed by atoms with E-state index in [0.29, 0.717) is 6.04 Å². The second-order valence-corrected chi connectivity index (χ2v) is 5.44. The average molecular weight is 262 g/mol. The van der Waals surface area contributed by atoms with Crippen LogP contribution in [0, 0.1) is 0 Å². The number of ether oxygens (including phenoxy) is 2. The molecule has 1 aliphatic carbocycles. The summed E-state index contributed by atoms with van der Waals surface area (Å²) in [4.78, 5) is 4.04. The molecule has 0 unspecified atom stereocenters. The summed E-state index contributed by atoms with van der Waals surface area (Å²) in [6.07, 6.45) is 9.13. The molecule has 1 N–H and O–H groups in total. The van der Waals surface area contributed by atoms with Crippen LogP contribution in [0.2, 0.25) is 0 Å². The Kier molecular flexibility index (Phi) is 4.11. The molecule has 0 radical (unpaired) electrons. The van der Waals surface area contributed by atoms with Gasteiger partial charge in [-0.25, -0.2) is 0 Å². The maximum atomic E-state index is 5.75. The van der Waals surface area contributed by atoms with Gasteiger partial charge < -0.3 is 14.8 Å². The van der Waals surface area contributed by atoms with E-state index in [1.165, 1.54) is 5.56 Å². The van der Waals surface area contributed by atoms with Crippen LogP contribution in [0.5, 0.6) is 0 Å². The molecule has 0 bridgehead atoms. The molecular formula is C15H22N2O2. The number of nitrogens with zero attached hydrogens (tertiary/aromatic N) is 1. The summed E-state index contributed by atoms with van der Waals surface area (Å²) in [5, 5.41) is 3.64. The van der Waals surface area contributed by atoms with Gasteiger partial charge in [0, 0.05) is 31.3 Å². The van der Waals surface area contributed by atoms with Crippen LogP contribution in [0.1, 0.15) is 31.2 Å². The maximum absolute atomic E-state index is 5.75. The minimum atomic E-state index is -0.233. The van der Waals surface area contributed by atoms with Gasteiger partial charge in [0.25, 0.3) is 0 Å². The van der Waals surface area contributed by atoms with Crippen molar-refractivity contribution in [2.45, 2.75) is 43.9 Å². The van der Waals surface area contributed by atoms with Crippen LogP contribution in [0.4, 0.5) is 0 Å². The largest absolute Gasteiger partial charge is 0.348 e. The molecule has 4 heteroatoms. The zero-order valence-electron chi connectivity index (χ0n) is 11.3. The zero-order chi connectivity index (χ0) is 13.0. The van der Waals surface area contributed by atoms with Gasteiger partial charge in [-0.15, -0.1) is 0 Å². The summed E-state index contributed by atoms with van der Waals surface area (Å²) < 4.78 is 11.5. The Hall–Kier alpha value is -0.970. The predicted molar refractivity (Wildman–Crippen MR) is 72.8 cm³/mol. The highest BCUT2D eigenvalue weighted by atomic mass is 16.7. The number of rotatable bonds is 4. The zero-order valence-corrected chi connectivity index (χ0v) is 11.3. The topological polar surface area (TPSA) is 43.4 Å². The standard InChI is InChI=1S/C15H22N2O2/c1-6-15(18-11-12-19-15)7-2-14(1)17-10-5-13-3-8-16-9-4-13/h3-4,8-9,14,17H,1-2,5-7,10-12H2. The van der Waals surface area contributed by atoms with Crippen LogP contribution in [0.15, 0.2) is 24.5 Å². The lowest BCUT2D eigenvalue weighted by Crippen LogP contribution is -2.42. The van der Waals surface area contributed by atoms with Crippen molar-refractivity contribution in [3.05, 3.63) is 30.1 Å². The van der Waals surface area contributed by atoms with Crippen LogP contribution in [0.25, 0.3) is 0 Å². The van der Waals surface area contributed by atoms with Crippen molar-refractivity contribution in [3.63, 3.8) is 0 Å². The van der Waals surface area contributed by atoms with E-state index in [1.54, 1.807) is 0 Å². The van der Waals surface area contributed by atoms with E-state index in [1.807, 2.05) is 12.4 Å². The highest BCUT2D eigenvalue weighted by Crippen LogP contribution is 2.35. The summed E-state index contributed by atoms with van der Waals surface area (Å²) in [7, 11) is 0. The van der Waals surface area contributed by atoms with Crippen LogP contribution in [0.3, 0.4) is 0 Å². The van der Waals surface area contributed by atoms with Gasteiger partial charge in [0.2, 0.25) is 0 Å². The molecule has 19 heavy (non-hydrogen) atoms. The van der Waals surface area contributed by atoms with Crippen LogP contribution in [-0.2, 0) is 15.9 Å². The SMILES string of the molecule is c1cc(CCNC2CCC3(CC2)OCCO3)ccn1. The van der Waals surface area contributed by atoms with Crippen molar-refractivity contribution in [2.24, 2.45) is 0 Å². The van der Waals surface area contributed by atoms with Crippen molar-refractivity contribution in [1.82, 2.24) is 10.3 Å². The van der Waals surface area contributed by atoms with Crippen molar-refractivity contribution in [3.8, 4) is 0 Å². The van der Waals surface area contributed by atoms with Gasteiger partial charge in [0.15, 0.2) is 5.79 Å². The minimum Gasteiger partial charge on any atom is -0.348 e. The van der Waals surface area contributed by atoms with E-state index >= 15 is 0 Å². The van der Waals surface area contributed by atoms with Gasteiger partial charge in [-0.3, -0.25) is 4.98 Å². The van der Waals surface area contributed by atoms with E-state index in [9.17, 15) is 0 Å². The second kappa shape index (κ2) is 5.99. The molecule has 0 aromatic carbocycles. The number of aromatic nitrogens is 1. The van der Waals surface area contributed by atoms with E-state index in [2.05, 4.69) is 22.4 Å². The van der Waals surface area contributed by atoms with Gasteiger partial charge in [-0.1, -0.05) is 0 Å². The second-order valence-electron chi connectivity index (χ2n) is 5.44. The smallest absolute Gasteiger partial charge is 0.168 e. The van der Waals surface area contributed by atoms with Crippen LogP contribution >= 0.6 is 0 Å². The Morgan fingerprint density at radius 3 is 2.53 bits per heavy atom. The molecule has 2 heterocycles. The van der Waals surface area contributed by atoms with Gasteiger partial charge >= 0.3 is 0 Å². The number of hydrogen-bond donors (Lipinski definition) is 1. The van der Waals surface area contributed by atoms with Crippen molar-refractivity contribution >= 4 is 0 Å². The Morgan fingerprint density at radius 2 is 1.84 bits per heavy atom. The van der Waals surface area contributed by atoms with E-state index < -0.39 is 0 Å². The first-order chi connectivity index (χ1) is 9.36. The Balaban J connectivity index is 1.38. The molecule has 4 nitrogen and oxygen atoms in total. The minimum absolute atomic E-state index is 0.233. The molecule has 1 saturated carbocycles. The average Bonchev–Trinajstić information content (AvgIpc) is 2.91. The third-order valence-electron chi connectivity index (χ3n) is 4.16. The molecule has 1 aliphatic heterocycles. The fraction of sp³-hybridized carbons (Fsp3) is 0.667. The summed E-state index contributed by atoms with van der Waals surface area (Å²) in [6, 6.07) is 4.77. The van der Waals surface area contributed by atoms with Crippen LogP contribution in [-0.4, -0.2) is 36.6 Å². The molecule has 0 amide bonds. The third kappa shape index (κ3) is 3.32. The first-order valence-electron chi connectivity index (χ1n) is 7.27. The van der Waals surface area contributed by atoms with Crippen molar-refractivity contribution in [1.29, 1.82) is 0 Å². The molecule has 2 fully saturated rings. The van der Waals surface area contributed by atoms with Crippen LogP contribution < -0.4 is 5.32 Å². The fourth-order valence-electron chi connectivity index (χ4n) is 3.02. The molecule has 1 aromatic heterocycles. The summed E-state index contributed by atoms with van der Waals surface area (Å²) in [5.41, 5.74) is 1.34. The number of hydrogen-bond acceptors (Lipinski definition) is 4. The molecule has 1 spiro atoms. The quantitative estimate of drug-likeness (QED) is 0.900. The molecule has 2 aliphatic rings. The summed E-state index contributed by atoms with van der Waals surface area (Å²) in [6.45, 7) is 2.56. The number of nitrogens with one attached hydrogen (secondary N) is 1. The van der Waals surface area contributed by atoms with E-state index in [4.69, 9.17) is 9.47 Å². The maximum Gasteiger partial charge on any atom is 0.168 e. The highest BCUT2D eigenvalue weighted by molar-refractivity contribution is 5.09. The molecule has 0 atom stereocenters. The third-order valence-corrected chi connectivity index (χ3v) is 4.16. The van der Waals surface area contributed by atoms with E-state index in [-0.39, 0.29) is 5.79 Å². The monoisotopic (exact) mass is 262 g/mol. The molecule has 1 saturated heterocycles. The lowest BCUT2D eigenvalue weighted by Gasteiger charge is -2.35. The van der Waals surface area contributed by atoms with Crippen molar-refractivity contribution < 1.29 is 9.47 Å². The van der Waals surface area contributed by atoms with E-state index in [0.717, 1.165) is 51.9 Å². The fourth-order valence-corrected chi connectivity index (χ4v) is 3.02. The normalized spacial score (nSPS) is 22.9. The molecule has 104 valence electrons. The van der Waals surface area contributed by atoms with Gasteiger partial charge in [0.05, 0.1) is 13.2 Å². The summed E-state index contributed by atoms with van der Waals surface area (Å²) in [5.74, 6) is -0.233. The molecular weight excluding hydrogens is 240 g/mol. The lowest BCUT2D eigenvalue weighted by atomic mass is 9.90. The Morgan fingerprint density at radius 1 is 1.16 bits per heavy atom. The molecule has 3 rings (SSSR count). The van der Waals surface area contributed by atoms with Crippen molar-refractivity contribution in [2.75, 3.05) is 19.8 Å². The Labute approximate surface area is 114 Å². The van der Waals surface area contributed by atoms with Gasteiger partial charge in [-0.2, -0.15) is 0 Å². The molecule has 1 aromatic rings. The first kappa shape index (κ1) is 13.0. The van der Waals surface area contributed by atoms with Gasteiger partial charge in [0.1, 0.15) is 0 Å². The lowest BCUT2D eigenvalue weighted by molar-refractivity contribution is -0.179. The van der Waals surface area contributed by atoms with Gasteiger partial charge in [-0.05, 0) is 43.5 Å². The summed E-state index contributed by atoms with van der Waals surface area (Å²) >= 11 is 0. The highest BCUT2D eigenvalue weighted by Gasteiger charge is 2.39. The number of pyridine rings is 1.